The number of benzene rings is 1. The van der Waals surface area contributed by atoms with Gasteiger partial charge in [-0.05, 0) is 18.2 Å². The van der Waals surface area contributed by atoms with Crippen molar-refractivity contribution in [2.75, 3.05) is 26.4 Å². The van der Waals surface area contributed by atoms with E-state index in [1.165, 1.54) is 38.4 Å². The molecule has 0 saturated heterocycles. The number of rotatable bonds is 6. The molecule has 0 fully saturated rings. The van der Waals surface area contributed by atoms with E-state index in [4.69, 9.17) is 5.11 Å². The summed E-state index contributed by atoms with van der Waals surface area (Å²) in [7, 11) is -0.553. The smallest absolute Gasteiger partial charge is 0.335 e. The molecule has 0 radical (unpaired) electrons. The van der Waals surface area contributed by atoms with E-state index in [-0.39, 0.29) is 23.4 Å². The molecular weight excluding hydrogens is 284 g/mol. The number of nitrogens with one attached hydrogen (secondary N) is 1. The molecule has 1 aromatic carbocycles. The largest absolute Gasteiger partial charge is 0.478 e. The summed E-state index contributed by atoms with van der Waals surface area (Å²) in [6, 6.07) is 5.52. The monoisotopic (exact) mass is 300 g/mol. The third kappa shape index (κ3) is 4.32. The Labute approximate surface area is 117 Å². The highest BCUT2D eigenvalue weighted by Crippen LogP contribution is 2.05. The summed E-state index contributed by atoms with van der Waals surface area (Å²) in [4.78, 5) is 22.5. The predicted octanol–water partition coefficient (Wildman–Crippen LogP) is 0.00600. The topological polar surface area (TPSA) is 104 Å². The van der Waals surface area contributed by atoms with Crippen LogP contribution in [0.3, 0.4) is 0 Å². The first-order valence-electron chi connectivity index (χ1n) is 5.76. The van der Waals surface area contributed by atoms with Crippen LogP contribution in [0.15, 0.2) is 24.3 Å². The first kappa shape index (κ1) is 16.1. The van der Waals surface area contributed by atoms with Gasteiger partial charge in [0.15, 0.2) is 0 Å². The molecule has 0 unspecified atom stereocenters. The number of aromatic carboxylic acids is 1. The SMILES string of the molecule is CN(C)S(=O)(=O)CCNC(=O)c1cccc(C(=O)O)c1. The maximum Gasteiger partial charge on any atom is 0.335 e. The fourth-order valence-electron chi connectivity index (χ4n) is 1.37. The molecule has 0 aromatic heterocycles. The molecule has 0 aliphatic carbocycles. The Hall–Kier alpha value is -1.93. The Morgan fingerprint density at radius 2 is 1.85 bits per heavy atom. The predicted molar refractivity (Wildman–Crippen MR) is 73.2 cm³/mol. The van der Waals surface area contributed by atoms with Gasteiger partial charge in [0.2, 0.25) is 10.0 Å². The Morgan fingerprint density at radius 1 is 1.25 bits per heavy atom. The number of carboxylic acids is 1. The Bertz CT molecular complexity index is 610. The lowest BCUT2D eigenvalue weighted by Gasteiger charge is -2.11. The fraction of sp³-hybridized carbons (Fsp3) is 0.333. The van der Waals surface area contributed by atoms with Gasteiger partial charge in [0.1, 0.15) is 0 Å². The van der Waals surface area contributed by atoms with Crippen LogP contribution in [-0.2, 0) is 10.0 Å². The van der Waals surface area contributed by atoms with Crippen molar-refractivity contribution >= 4 is 21.9 Å². The number of hydrogen-bond donors (Lipinski definition) is 2. The maximum absolute atomic E-state index is 11.8. The summed E-state index contributed by atoms with van der Waals surface area (Å²) < 4.78 is 24.1. The molecule has 0 bridgehead atoms. The van der Waals surface area contributed by atoms with E-state index in [2.05, 4.69) is 5.32 Å². The standard InChI is InChI=1S/C12H16N2O5S/c1-14(2)20(18,19)7-6-13-11(15)9-4-3-5-10(8-9)12(16)17/h3-5,8H,6-7H2,1-2H3,(H,13,15)(H,16,17). The van der Waals surface area contributed by atoms with E-state index in [0.29, 0.717) is 0 Å². The van der Waals surface area contributed by atoms with Crippen molar-refractivity contribution in [3.8, 4) is 0 Å². The number of carboxylic acid groups (broad SMARTS) is 1. The summed E-state index contributed by atoms with van der Waals surface area (Å²) in [6.07, 6.45) is 0. The number of sulfonamides is 1. The third-order valence-electron chi connectivity index (χ3n) is 2.57. The Balaban J connectivity index is 2.64. The van der Waals surface area contributed by atoms with Crippen molar-refractivity contribution in [3.05, 3.63) is 35.4 Å². The molecule has 7 nitrogen and oxygen atoms in total. The summed E-state index contributed by atoms with van der Waals surface area (Å²) in [5, 5.41) is 11.3. The lowest BCUT2D eigenvalue weighted by molar-refractivity contribution is 0.0697. The molecule has 1 rings (SSSR count). The third-order valence-corrected chi connectivity index (χ3v) is 4.41. The average molecular weight is 300 g/mol. The highest BCUT2D eigenvalue weighted by atomic mass is 32.2. The van der Waals surface area contributed by atoms with Gasteiger partial charge in [-0.3, -0.25) is 4.79 Å². The first-order valence-corrected chi connectivity index (χ1v) is 7.36. The zero-order chi connectivity index (χ0) is 15.3. The molecule has 2 N–H and O–H groups in total. The van der Waals surface area contributed by atoms with Crippen molar-refractivity contribution < 1.29 is 23.1 Å². The van der Waals surface area contributed by atoms with Crippen LogP contribution in [0.1, 0.15) is 20.7 Å². The van der Waals surface area contributed by atoms with Crippen LogP contribution >= 0.6 is 0 Å². The number of carbonyl (C=O) groups is 2. The maximum atomic E-state index is 11.8. The number of carbonyl (C=O) groups excluding carboxylic acids is 1. The molecule has 0 aliphatic heterocycles. The van der Waals surface area contributed by atoms with Gasteiger partial charge in [-0.25, -0.2) is 17.5 Å². The summed E-state index contributed by atoms with van der Waals surface area (Å²) in [6.45, 7) is -0.0450. The number of amides is 1. The van der Waals surface area contributed by atoms with Crippen LogP contribution in [0, 0.1) is 0 Å². The van der Waals surface area contributed by atoms with Crippen LogP contribution in [0.4, 0.5) is 0 Å². The molecule has 20 heavy (non-hydrogen) atoms. The minimum atomic E-state index is -3.37. The van der Waals surface area contributed by atoms with E-state index in [1.807, 2.05) is 0 Å². The Morgan fingerprint density at radius 3 is 2.40 bits per heavy atom. The van der Waals surface area contributed by atoms with Crippen LogP contribution in [-0.4, -0.2) is 56.1 Å². The quantitative estimate of drug-likeness (QED) is 0.770. The number of hydrogen-bond acceptors (Lipinski definition) is 4. The molecular formula is C12H16N2O5S. The second-order valence-electron chi connectivity index (χ2n) is 4.24. The minimum absolute atomic E-state index is 0.00133. The van der Waals surface area contributed by atoms with E-state index < -0.39 is 21.9 Å². The van der Waals surface area contributed by atoms with Gasteiger partial charge >= 0.3 is 5.97 Å². The molecule has 1 aromatic rings. The zero-order valence-corrected chi connectivity index (χ0v) is 12.0. The van der Waals surface area contributed by atoms with E-state index in [9.17, 15) is 18.0 Å². The normalized spacial score (nSPS) is 11.3. The highest BCUT2D eigenvalue weighted by molar-refractivity contribution is 7.89. The lowest BCUT2D eigenvalue weighted by Crippen LogP contribution is -2.33. The molecule has 0 heterocycles. The van der Waals surface area contributed by atoms with Crippen LogP contribution < -0.4 is 5.32 Å². The van der Waals surface area contributed by atoms with Gasteiger partial charge in [0.25, 0.3) is 5.91 Å². The Kier molecular flexibility index (Phi) is 5.23. The van der Waals surface area contributed by atoms with Crippen molar-refractivity contribution in [2.45, 2.75) is 0 Å². The summed E-state index contributed by atoms with van der Waals surface area (Å²) in [5.74, 6) is -1.86. The molecule has 0 spiro atoms. The van der Waals surface area contributed by atoms with Crippen LogP contribution in [0.2, 0.25) is 0 Å². The van der Waals surface area contributed by atoms with Gasteiger partial charge in [0.05, 0.1) is 11.3 Å². The van der Waals surface area contributed by atoms with Gasteiger partial charge in [-0.2, -0.15) is 0 Å². The first-order chi connectivity index (χ1) is 9.24. The molecule has 1 amide bonds. The van der Waals surface area contributed by atoms with Gasteiger partial charge in [-0.15, -0.1) is 0 Å². The van der Waals surface area contributed by atoms with E-state index >= 15 is 0 Å². The molecule has 0 aliphatic rings. The van der Waals surface area contributed by atoms with Gasteiger partial charge < -0.3 is 10.4 Å². The summed E-state index contributed by atoms with van der Waals surface area (Å²) in [5.41, 5.74) is 0.172. The summed E-state index contributed by atoms with van der Waals surface area (Å²) >= 11 is 0. The second-order valence-corrected chi connectivity index (χ2v) is 6.54. The second kappa shape index (κ2) is 6.49. The molecule has 0 atom stereocenters. The minimum Gasteiger partial charge on any atom is -0.478 e. The molecule has 8 heteroatoms. The zero-order valence-electron chi connectivity index (χ0n) is 11.2. The van der Waals surface area contributed by atoms with Crippen molar-refractivity contribution in [3.63, 3.8) is 0 Å². The van der Waals surface area contributed by atoms with E-state index in [0.717, 1.165) is 4.31 Å². The van der Waals surface area contributed by atoms with Crippen LogP contribution in [0.25, 0.3) is 0 Å². The van der Waals surface area contributed by atoms with Crippen molar-refractivity contribution in [1.29, 1.82) is 0 Å². The lowest BCUT2D eigenvalue weighted by atomic mass is 10.1. The fourth-order valence-corrected chi connectivity index (χ4v) is 2.10. The molecule has 0 saturated carbocycles. The molecule has 110 valence electrons. The average Bonchev–Trinajstić information content (AvgIpc) is 2.38. The van der Waals surface area contributed by atoms with Crippen LogP contribution in [0.5, 0.6) is 0 Å². The van der Waals surface area contributed by atoms with Gasteiger partial charge in [0, 0.05) is 26.2 Å². The van der Waals surface area contributed by atoms with Gasteiger partial charge in [-0.1, -0.05) is 6.07 Å². The van der Waals surface area contributed by atoms with Crippen molar-refractivity contribution in [2.24, 2.45) is 0 Å². The van der Waals surface area contributed by atoms with E-state index in [1.54, 1.807) is 0 Å². The highest BCUT2D eigenvalue weighted by Gasteiger charge is 2.14. The van der Waals surface area contributed by atoms with Crippen molar-refractivity contribution in [1.82, 2.24) is 9.62 Å². The number of nitrogens with zero attached hydrogens (tertiary/aromatic N) is 1.